The first kappa shape index (κ1) is 18.2. The Balaban J connectivity index is 2.53. The molecule has 1 aromatic rings. The van der Waals surface area contributed by atoms with Crippen LogP contribution in [0.5, 0.6) is 0 Å². The van der Waals surface area contributed by atoms with Gasteiger partial charge in [-0.2, -0.15) is 0 Å². The number of hydrogen-bond donors (Lipinski definition) is 3. The molecule has 0 aliphatic rings. The van der Waals surface area contributed by atoms with Crippen molar-refractivity contribution in [3.8, 4) is 0 Å². The second-order valence-electron chi connectivity index (χ2n) is 4.76. The van der Waals surface area contributed by atoms with Crippen LogP contribution < -0.4 is 16.2 Å². The van der Waals surface area contributed by atoms with Crippen LogP contribution in [0.3, 0.4) is 0 Å². The van der Waals surface area contributed by atoms with Crippen LogP contribution >= 0.6 is 11.8 Å². The number of aromatic amines is 1. The minimum absolute atomic E-state index is 0.0856. The van der Waals surface area contributed by atoms with Crippen molar-refractivity contribution in [2.24, 2.45) is 0 Å². The summed E-state index contributed by atoms with van der Waals surface area (Å²) in [7, 11) is 0. The average Bonchev–Trinajstić information content (AvgIpc) is 2.45. The Labute approximate surface area is 133 Å². The van der Waals surface area contributed by atoms with Gasteiger partial charge >= 0.3 is 0 Å². The molecule has 122 valence electrons. The van der Waals surface area contributed by atoms with Crippen molar-refractivity contribution in [1.82, 2.24) is 20.6 Å². The molecular weight excluding hydrogens is 304 g/mol. The molecule has 0 saturated carbocycles. The average molecular weight is 326 g/mol. The molecule has 1 rings (SSSR count). The molecule has 2 amide bonds. The number of hydrogen-bond acceptors (Lipinski definition) is 5. The Bertz CT molecular complexity index is 573. The summed E-state index contributed by atoms with van der Waals surface area (Å²) in [5.74, 6) is -0.424. The minimum Gasteiger partial charge on any atom is -0.355 e. The quantitative estimate of drug-likeness (QED) is 0.475. The number of nitrogens with one attached hydrogen (secondary N) is 3. The summed E-state index contributed by atoms with van der Waals surface area (Å²) in [5.41, 5.74) is 0.488. The van der Waals surface area contributed by atoms with Gasteiger partial charge in [-0.1, -0.05) is 25.1 Å². The third-order valence-corrected chi connectivity index (χ3v) is 3.61. The molecule has 0 aromatic carbocycles. The Kier molecular flexibility index (Phi) is 7.65. The molecule has 0 aliphatic carbocycles. The highest BCUT2D eigenvalue weighted by Gasteiger charge is 2.15. The van der Waals surface area contributed by atoms with Crippen LogP contribution in [0.4, 0.5) is 0 Å². The van der Waals surface area contributed by atoms with Crippen molar-refractivity contribution in [2.45, 2.75) is 44.8 Å². The van der Waals surface area contributed by atoms with Gasteiger partial charge in [-0.15, -0.1) is 0 Å². The van der Waals surface area contributed by atoms with E-state index in [1.165, 1.54) is 6.07 Å². The van der Waals surface area contributed by atoms with Gasteiger partial charge < -0.3 is 15.6 Å². The van der Waals surface area contributed by atoms with Gasteiger partial charge in [0.05, 0.1) is 5.75 Å². The Morgan fingerprint density at radius 2 is 2.14 bits per heavy atom. The largest absolute Gasteiger partial charge is 0.355 e. The van der Waals surface area contributed by atoms with Crippen molar-refractivity contribution in [2.75, 3.05) is 12.3 Å². The van der Waals surface area contributed by atoms with E-state index in [1.54, 1.807) is 6.92 Å². The van der Waals surface area contributed by atoms with Crippen LogP contribution in [-0.2, 0) is 16.0 Å². The van der Waals surface area contributed by atoms with Crippen LogP contribution in [-0.4, -0.2) is 40.1 Å². The Morgan fingerprint density at radius 3 is 2.77 bits per heavy atom. The van der Waals surface area contributed by atoms with E-state index in [1.807, 2.05) is 13.8 Å². The maximum atomic E-state index is 11.8. The third-order valence-electron chi connectivity index (χ3n) is 2.74. The van der Waals surface area contributed by atoms with Crippen molar-refractivity contribution >= 4 is 23.6 Å². The number of likely N-dealkylation sites (N-methyl/N-ethyl adjacent to an activating group) is 1. The van der Waals surface area contributed by atoms with E-state index < -0.39 is 6.04 Å². The van der Waals surface area contributed by atoms with Gasteiger partial charge in [0.1, 0.15) is 6.04 Å². The minimum atomic E-state index is -0.591. The number of carbonyl (C=O) groups is 2. The van der Waals surface area contributed by atoms with Gasteiger partial charge in [-0.05, 0) is 20.3 Å². The first-order valence-electron chi connectivity index (χ1n) is 7.26. The molecule has 7 nitrogen and oxygen atoms in total. The summed E-state index contributed by atoms with van der Waals surface area (Å²) in [5, 5.41) is 5.64. The molecule has 3 N–H and O–H groups in total. The summed E-state index contributed by atoms with van der Waals surface area (Å²) in [6.07, 6.45) is 1.61. The third kappa shape index (κ3) is 6.30. The highest BCUT2D eigenvalue weighted by atomic mass is 32.2. The standard InChI is InChI=1S/C14H22N4O3S/c1-4-6-10-7-11(19)18-14(17-10)22-8-12(20)16-9(3)13(21)15-5-2/h7,9H,4-6,8H2,1-3H3,(H,15,21)(H,16,20)(H,17,18,19)/t9-/m0/s1. The number of carbonyl (C=O) groups excluding carboxylic acids is 2. The van der Waals surface area contributed by atoms with Crippen molar-refractivity contribution < 1.29 is 9.59 Å². The highest BCUT2D eigenvalue weighted by Crippen LogP contribution is 2.11. The molecule has 0 saturated heterocycles. The zero-order chi connectivity index (χ0) is 16.5. The molecule has 0 radical (unpaired) electrons. The maximum absolute atomic E-state index is 11.8. The molecule has 1 atom stereocenters. The lowest BCUT2D eigenvalue weighted by molar-refractivity contribution is -0.127. The van der Waals surface area contributed by atoms with E-state index in [9.17, 15) is 14.4 Å². The molecule has 0 spiro atoms. The number of aryl methyl sites for hydroxylation is 1. The van der Waals surface area contributed by atoms with E-state index in [0.29, 0.717) is 17.4 Å². The van der Waals surface area contributed by atoms with Crippen LogP contribution in [0, 0.1) is 0 Å². The van der Waals surface area contributed by atoms with E-state index in [4.69, 9.17) is 0 Å². The smallest absolute Gasteiger partial charge is 0.251 e. The fourth-order valence-electron chi connectivity index (χ4n) is 1.75. The SMILES string of the molecule is CCCc1cc(=O)[nH]c(SCC(=O)N[C@@H](C)C(=O)NCC)n1. The van der Waals surface area contributed by atoms with Crippen LogP contribution in [0.2, 0.25) is 0 Å². The summed E-state index contributed by atoms with van der Waals surface area (Å²) in [6, 6.07) is 0.872. The van der Waals surface area contributed by atoms with Crippen LogP contribution in [0.25, 0.3) is 0 Å². The van der Waals surface area contributed by atoms with E-state index >= 15 is 0 Å². The highest BCUT2D eigenvalue weighted by molar-refractivity contribution is 7.99. The van der Waals surface area contributed by atoms with Gasteiger partial charge in [0.2, 0.25) is 11.8 Å². The first-order valence-corrected chi connectivity index (χ1v) is 8.24. The summed E-state index contributed by atoms with van der Waals surface area (Å²) >= 11 is 1.14. The van der Waals surface area contributed by atoms with Gasteiger partial charge in [-0.3, -0.25) is 14.4 Å². The summed E-state index contributed by atoms with van der Waals surface area (Å²) in [4.78, 5) is 41.7. The monoisotopic (exact) mass is 326 g/mol. The van der Waals surface area contributed by atoms with E-state index in [-0.39, 0.29) is 23.1 Å². The number of rotatable bonds is 8. The van der Waals surface area contributed by atoms with Gasteiger partial charge in [0.15, 0.2) is 5.16 Å². The Morgan fingerprint density at radius 1 is 1.41 bits per heavy atom. The fraction of sp³-hybridized carbons (Fsp3) is 0.571. The number of thioether (sulfide) groups is 1. The second-order valence-corrected chi connectivity index (χ2v) is 5.73. The Hall–Kier alpha value is -1.83. The van der Waals surface area contributed by atoms with Crippen LogP contribution in [0.1, 0.15) is 32.9 Å². The molecule has 1 aromatic heterocycles. The molecule has 1 heterocycles. The lowest BCUT2D eigenvalue weighted by Crippen LogP contribution is -2.45. The van der Waals surface area contributed by atoms with Gasteiger partial charge in [0, 0.05) is 18.3 Å². The molecule has 0 unspecified atom stereocenters. The molecule has 8 heteroatoms. The number of H-pyrrole nitrogens is 1. The fourth-order valence-corrected chi connectivity index (χ4v) is 2.45. The molecule has 0 fully saturated rings. The van der Waals surface area contributed by atoms with E-state index in [2.05, 4.69) is 20.6 Å². The zero-order valence-corrected chi connectivity index (χ0v) is 13.9. The summed E-state index contributed by atoms with van der Waals surface area (Å²) in [6.45, 7) is 5.96. The predicted molar refractivity (Wildman–Crippen MR) is 85.9 cm³/mol. The number of amides is 2. The van der Waals surface area contributed by atoms with Crippen molar-refractivity contribution in [1.29, 1.82) is 0 Å². The maximum Gasteiger partial charge on any atom is 0.251 e. The normalized spacial score (nSPS) is 11.8. The zero-order valence-electron chi connectivity index (χ0n) is 13.1. The first-order chi connectivity index (χ1) is 10.5. The molecular formula is C14H22N4O3S. The molecule has 0 bridgehead atoms. The molecule has 0 aliphatic heterocycles. The number of aromatic nitrogens is 2. The molecule has 22 heavy (non-hydrogen) atoms. The van der Waals surface area contributed by atoms with Gasteiger partial charge in [0.25, 0.3) is 5.56 Å². The topological polar surface area (TPSA) is 104 Å². The predicted octanol–water partition coefficient (Wildman–Crippen LogP) is 0.455. The van der Waals surface area contributed by atoms with Crippen LogP contribution in [0.15, 0.2) is 16.0 Å². The van der Waals surface area contributed by atoms with Gasteiger partial charge in [-0.25, -0.2) is 4.98 Å². The van der Waals surface area contributed by atoms with Crippen molar-refractivity contribution in [3.63, 3.8) is 0 Å². The summed E-state index contributed by atoms with van der Waals surface area (Å²) < 4.78 is 0. The van der Waals surface area contributed by atoms with E-state index in [0.717, 1.165) is 24.6 Å². The number of nitrogens with zero attached hydrogens (tertiary/aromatic N) is 1. The lowest BCUT2D eigenvalue weighted by Gasteiger charge is -2.13. The lowest BCUT2D eigenvalue weighted by atomic mass is 10.2. The van der Waals surface area contributed by atoms with Crippen molar-refractivity contribution in [3.05, 3.63) is 22.1 Å². The second kappa shape index (κ2) is 9.24.